The zero-order valence-corrected chi connectivity index (χ0v) is 17.6. The third kappa shape index (κ3) is 4.91. The Labute approximate surface area is 179 Å². The average Bonchev–Trinajstić information content (AvgIpc) is 3.19. The number of aliphatic carboxylic acids is 1. The van der Waals surface area contributed by atoms with Crippen LogP contribution in [0.3, 0.4) is 0 Å². The van der Waals surface area contributed by atoms with Crippen molar-refractivity contribution in [1.82, 2.24) is 5.01 Å². The molecule has 0 aromatic heterocycles. The van der Waals surface area contributed by atoms with E-state index in [0.29, 0.717) is 28.7 Å². The van der Waals surface area contributed by atoms with Gasteiger partial charge in [0.15, 0.2) is 0 Å². The minimum absolute atomic E-state index is 0.0640. The highest BCUT2D eigenvalue weighted by Crippen LogP contribution is 2.37. The fraction of sp³-hybridized carbons (Fsp3) is 0.318. The van der Waals surface area contributed by atoms with Gasteiger partial charge >= 0.3 is 5.97 Å². The molecule has 0 saturated heterocycles. The first-order chi connectivity index (χ1) is 14.4. The molecule has 1 atom stereocenters. The maximum Gasteiger partial charge on any atom is 0.303 e. The van der Waals surface area contributed by atoms with Crippen LogP contribution in [0.5, 0.6) is 11.5 Å². The Bertz CT molecular complexity index is 959. The molecule has 1 N–H and O–H groups in total. The zero-order valence-electron chi connectivity index (χ0n) is 16.8. The molecule has 2 aromatic rings. The van der Waals surface area contributed by atoms with Crippen molar-refractivity contribution in [2.45, 2.75) is 31.7 Å². The number of carbonyl (C=O) groups excluding carboxylic acids is 1. The molecule has 8 heteroatoms. The second kappa shape index (κ2) is 9.63. The smallest absolute Gasteiger partial charge is 0.303 e. The van der Waals surface area contributed by atoms with Crippen LogP contribution in [0.25, 0.3) is 0 Å². The average molecular weight is 431 g/mol. The van der Waals surface area contributed by atoms with Crippen LogP contribution in [0.15, 0.2) is 47.6 Å². The SMILES string of the molecule is COc1ccc(OC)c(C2=NN(C(=O)CCCC(=O)O)[C@H](c3ccc(Cl)cc3)C2)c1. The Morgan fingerprint density at radius 2 is 1.87 bits per heavy atom. The van der Waals surface area contributed by atoms with E-state index in [9.17, 15) is 9.59 Å². The summed E-state index contributed by atoms with van der Waals surface area (Å²) in [7, 11) is 3.16. The van der Waals surface area contributed by atoms with Crippen molar-refractivity contribution in [3.8, 4) is 11.5 Å². The summed E-state index contributed by atoms with van der Waals surface area (Å²) in [5.74, 6) is 0.129. The number of benzene rings is 2. The lowest BCUT2D eigenvalue weighted by Gasteiger charge is -2.22. The maximum absolute atomic E-state index is 12.9. The third-order valence-electron chi connectivity index (χ3n) is 4.92. The summed E-state index contributed by atoms with van der Waals surface area (Å²) in [6.45, 7) is 0. The number of carboxylic acid groups (broad SMARTS) is 1. The van der Waals surface area contributed by atoms with Crippen molar-refractivity contribution in [3.05, 3.63) is 58.6 Å². The van der Waals surface area contributed by atoms with Crippen LogP contribution >= 0.6 is 11.6 Å². The Morgan fingerprint density at radius 3 is 2.50 bits per heavy atom. The summed E-state index contributed by atoms with van der Waals surface area (Å²) in [6.07, 6.45) is 0.773. The number of hydrazone groups is 1. The van der Waals surface area contributed by atoms with Gasteiger partial charge in [0, 0.05) is 29.8 Å². The van der Waals surface area contributed by atoms with Crippen molar-refractivity contribution in [1.29, 1.82) is 0 Å². The number of methoxy groups -OCH3 is 2. The molecule has 0 aliphatic carbocycles. The molecule has 158 valence electrons. The van der Waals surface area contributed by atoms with E-state index in [2.05, 4.69) is 5.10 Å². The van der Waals surface area contributed by atoms with E-state index in [0.717, 1.165) is 11.1 Å². The van der Waals surface area contributed by atoms with Crippen LogP contribution in [-0.2, 0) is 9.59 Å². The van der Waals surface area contributed by atoms with Crippen LogP contribution < -0.4 is 9.47 Å². The molecule has 0 radical (unpaired) electrons. The van der Waals surface area contributed by atoms with Gasteiger partial charge in [-0.25, -0.2) is 5.01 Å². The number of nitrogens with zero attached hydrogens (tertiary/aromatic N) is 2. The van der Waals surface area contributed by atoms with Gasteiger partial charge in [-0.05, 0) is 42.3 Å². The van der Waals surface area contributed by atoms with E-state index in [1.165, 1.54) is 5.01 Å². The quantitative estimate of drug-likeness (QED) is 0.674. The molecule has 1 amide bonds. The fourth-order valence-electron chi connectivity index (χ4n) is 3.39. The van der Waals surface area contributed by atoms with Crippen molar-refractivity contribution >= 4 is 29.2 Å². The molecule has 1 heterocycles. The van der Waals surface area contributed by atoms with Gasteiger partial charge in [0.2, 0.25) is 5.91 Å². The standard InChI is InChI=1S/C22H23ClN2O5/c1-29-16-10-11-20(30-2)17(12-16)18-13-19(14-6-8-15(23)9-7-14)25(24-18)21(26)4-3-5-22(27)28/h6-12,19H,3-5,13H2,1-2H3,(H,27,28)/t19-/m0/s1. The summed E-state index contributed by atoms with van der Waals surface area (Å²) in [4.78, 5) is 23.7. The number of rotatable bonds is 8. The van der Waals surface area contributed by atoms with Crippen molar-refractivity contribution in [3.63, 3.8) is 0 Å². The van der Waals surface area contributed by atoms with Gasteiger partial charge in [0.1, 0.15) is 11.5 Å². The Balaban J connectivity index is 1.94. The van der Waals surface area contributed by atoms with Gasteiger partial charge in [-0.1, -0.05) is 23.7 Å². The number of carboxylic acids is 1. The summed E-state index contributed by atoms with van der Waals surface area (Å²) < 4.78 is 10.8. The minimum Gasteiger partial charge on any atom is -0.497 e. The summed E-state index contributed by atoms with van der Waals surface area (Å²) in [5, 5.41) is 15.5. The monoisotopic (exact) mass is 430 g/mol. The molecule has 3 rings (SSSR count). The Kier molecular flexibility index (Phi) is 6.95. The second-order valence-corrected chi connectivity index (χ2v) is 7.31. The highest BCUT2D eigenvalue weighted by atomic mass is 35.5. The zero-order chi connectivity index (χ0) is 21.7. The second-order valence-electron chi connectivity index (χ2n) is 6.87. The predicted octanol–water partition coefficient (Wildman–Crippen LogP) is 4.29. The van der Waals surface area contributed by atoms with Crippen LogP contribution in [0.4, 0.5) is 0 Å². The van der Waals surface area contributed by atoms with Crippen molar-refractivity contribution in [2.24, 2.45) is 5.10 Å². The molecule has 0 bridgehead atoms. The number of amides is 1. The highest BCUT2D eigenvalue weighted by molar-refractivity contribution is 6.30. The fourth-order valence-corrected chi connectivity index (χ4v) is 3.52. The summed E-state index contributed by atoms with van der Waals surface area (Å²) in [5.41, 5.74) is 2.33. The van der Waals surface area contributed by atoms with Gasteiger partial charge < -0.3 is 14.6 Å². The molecule has 0 saturated carbocycles. The molecular formula is C22H23ClN2O5. The molecule has 1 aliphatic heterocycles. The van der Waals surface area contributed by atoms with Crippen LogP contribution in [0.2, 0.25) is 5.02 Å². The molecule has 0 unspecified atom stereocenters. The van der Waals surface area contributed by atoms with Gasteiger partial charge in [0.25, 0.3) is 0 Å². The normalized spacial score (nSPS) is 15.6. The van der Waals surface area contributed by atoms with E-state index in [-0.39, 0.29) is 31.2 Å². The minimum atomic E-state index is -0.927. The lowest BCUT2D eigenvalue weighted by atomic mass is 9.97. The Hall–Kier alpha value is -3.06. The van der Waals surface area contributed by atoms with Crippen LogP contribution in [-0.4, -0.2) is 41.9 Å². The van der Waals surface area contributed by atoms with E-state index in [4.69, 9.17) is 26.2 Å². The first-order valence-corrected chi connectivity index (χ1v) is 9.90. The third-order valence-corrected chi connectivity index (χ3v) is 5.17. The van der Waals surface area contributed by atoms with Crippen molar-refractivity contribution < 1.29 is 24.2 Å². The van der Waals surface area contributed by atoms with E-state index < -0.39 is 5.97 Å². The number of halogens is 1. The Morgan fingerprint density at radius 1 is 1.13 bits per heavy atom. The first kappa shape index (κ1) is 21.6. The van der Waals surface area contributed by atoms with Crippen molar-refractivity contribution in [2.75, 3.05) is 14.2 Å². The van der Waals surface area contributed by atoms with Crippen LogP contribution in [0.1, 0.15) is 42.9 Å². The molecule has 1 aliphatic rings. The maximum atomic E-state index is 12.9. The van der Waals surface area contributed by atoms with Gasteiger partial charge in [-0.2, -0.15) is 5.10 Å². The summed E-state index contributed by atoms with van der Waals surface area (Å²) in [6, 6.07) is 12.4. The molecular weight excluding hydrogens is 408 g/mol. The molecule has 0 spiro atoms. The topological polar surface area (TPSA) is 88.4 Å². The summed E-state index contributed by atoms with van der Waals surface area (Å²) >= 11 is 6.02. The highest BCUT2D eigenvalue weighted by Gasteiger charge is 2.34. The lowest BCUT2D eigenvalue weighted by Crippen LogP contribution is -2.27. The number of ether oxygens (including phenoxy) is 2. The van der Waals surface area contributed by atoms with E-state index >= 15 is 0 Å². The molecule has 0 fully saturated rings. The predicted molar refractivity (Wildman–Crippen MR) is 113 cm³/mol. The van der Waals surface area contributed by atoms with Gasteiger partial charge in [-0.3, -0.25) is 9.59 Å². The van der Waals surface area contributed by atoms with E-state index in [1.807, 2.05) is 18.2 Å². The molecule has 2 aromatic carbocycles. The lowest BCUT2D eigenvalue weighted by molar-refractivity contribution is -0.137. The van der Waals surface area contributed by atoms with Gasteiger partial charge in [0.05, 0.1) is 26.0 Å². The number of hydrogen-bond acceptors (Lipinski definition) is 5. The van der Waals surface area contributed by atoms with Gasteiger partial charge in [-0.15, -0.1) is 0 Å². The number of hydrogen-bond donors (Lipinski definition) is 1. The first-order valence-electron chi connectivity index (χ1n) is 9.52. The van der Waals surface area contributed by atoms with E-state index in [1.54, 1.807) is 38.5 Å². The molecule has 30 heavy (non-hydrogen) atoms. The largest absolute Gasteiger partial charge is 0.497 e. The molecule has 7 nitrogen and oxygen atoms in total. The number of carbonyl (C=O) groups is 2. The van der Waals surface area contributed by atoms with Crippen LogP contribution in [0, 0.1) is 0 Å².